The Morgan fingerprint density at radius 1 is 1.15 bits per heavy atom. The molecule has 3 rings (SSSR count). The standard InChI is InChI=1S/C21H20N2O2S/c1-3-25-18-12-9-16(10-13-18)11-14-19(24)22-21-23-20(15(2)26-21)17-7-5-4-6-8-17/h4-14H,3H2,1-2H3,(H,22,23,24). The molecule has 2 aromatic carbocycles. The fourth-order valence-electron chi connectivity index (χ4n) is 2.47. The van der Waals surface area contributed by atoms with Gasteiger partial charge in [0.15, 0.2) is 5.13 Å². The van der Waals surface area contributed by atoms with Gasteiger partial charge in [-0.3, -0.25) is 10.1 Å². The van der Waals surface area contributed by atoms with Crippen molar-refractivity contribution in [2.75, 3.05) is 11.9 Å². The van der Waals surface area contributed by atoms with Crippen molar-refractivity contribution in [2.24, 2.45) is 0 Å². The van der Waals surface area contributed by atoms with Crippen LogP contribution in [0.3, 0.4) is 0 Å². The first-order valence-corrected chi connectivity index (χ1v) is 9.22. The molecule has 1 aromatic heterocycles. The maximum atomic E-state index is 12.2. The predicted octanol–water partition coefficient (Wildman–Crippen LogP) is 5.17. The van der Waals surface area contributed by atoms with Crippen molar-refractivity contribution in [1.29, 1.82) is 0 Å². The van der Waals surface area contributed by atoms with Crippen molar-refractivity contribution >= 4 is 28.5 Å². The number of benzene rings is 2. The second-order valence-corrected chi connectivity index (χ2v) is 6.82. The van der Waals surface area contributed by atoms with E-state index in [-0.39, 0.29) is 5.91 Å². The van der Waals surface area contributed by atoms with E-state index in [9.17, 15) is 4.79 Å². The van der Waals surface area contributed by atoms with Gasteiger partial charge in [-0.15, -0.1) is 11.3 Å². The van der Waals surface area contributed by atoms with Crippen LogP contribution in [0.4, 0.5) is 5.13 Å². The third-order valence-electron chi connectivity index (χ3n) is 3.69. The number of anilines is 1. The number of ether oxygens (including phenoxy) is 1. The predicted molar refractivity (Wildman–Crippen MR) is 108 cm³/mol. The molecule has 1 amide bonds. The third kappa shape index (κ3) is 4.58. The van der Waals surface area contributed by atoms with Crippen LogP contribution in [0.15, 0.2) is 60.7 Å². The molecule has 0 fully saturated rings. The van der Waals surface area contributed by atoms with Crippen LogP contribution in [0.5, 0.6) is 5.75 Å². The molecule has 0 saturated carbocycles. The molecule has 132 valence electrons. The molecule has 0 aliphatic carbocycles. The molecule has 1 N–H and O–H groups in total. The van der Waals surface area contributed by atoms with Crippen LogP contribution in [0.25, 0.3) is 17.3 Å². The van der Waals surface area contributed by atoms with Gasteiger partial charge in [0.2, 0.25) is 5.91 Å². The SMILES string of the molecule is CCOc1ccc(C=CC(=O)Nc2nc(-c3ccccc3)c(C)s2)cc1. The van der Waals surface area contributed by atoms with Crippen molar-refractivity contribution in [3.63, 3.8) is 0 Å². The number of aromatic nitrogens is 1. The van der Waals surface area contributed by atoms with Crippen LogP contribution in [0.2, 0.25) is 0 Å². The van der Waals surface area contributed by atoms with Crippen molar-refractivity contribution in [2.45, 2.75) is 13.8 Å². The second-order valence-electron chi connectivity index (χ2n) is 5.61. The lowest BCUT2D eigenvalue weighted by atomic mass is 10.1. The molecular formula is C21H20N2O2S. The van der Waals surface area contributed by atoms with Gasteiger partial charge in [0.05, 0.1) is 12.3 Å². The lowest BCUT2D eigenvalue weighted by molar-refractivity contribution is -0.111. The number of rotatable bonds is 6. The van der Waals surface area contributed by atoms with Gasteiger partial charge in [0.1, 0.15) is 5.75 Å². The summed E-state index contributed by atoms with van der Waals surface area (Å²) >= 11 is 1.47. The van der Waals surface area contributed by atoms with Crippen molar-refractivity contribution < 1.29 is 9.53 Å². The minimum atomic E-state index is -0.202. The molecule has 0 atom stereocenters. The lowest BCUT2D eigenvalue weighted by Gasteiger charge is -2.02. The molecular weight excluding hydrogens is 344 g/mol. The Balaban J connectivity index is 1.65. The van der Waals surface area contributed by atoms with Gasteiger partial charge in [-0.05, 0) is 37.6 Å². The number of hydrogen-bond donors (Lipinski definition) is 1. The number of aryl methyl sites for hydroxylation is 1. The lowest BCUT2D eigenvalue weighted by Crippen LogP contribution is -2.07. The van der Waals surface area contributed by atoms with Crippen LogP contribution >= 0.6 is 11.3 Å². The average molecular weight is 364 g/mol. The van der Waals surface area contributed by atoms with E-state index in [1.165, 1.54) is 17.4 Å². The van der Waals surface area contributed by atoms with Gasteiger partial charge in [-0.1, -0.05) is 42.5 Å². The normalized spacial score (nSPS) is 10.8. The molecule has 3 aromatic rings. The fourth-order valence-corrected chi connectivity index (χ4v) is 3.31. The number of hydrogen-bond acceptors (Lipinski definition) is 4. The number of nitrogens with zero attached hydrogens (tertiary/aromatic N) is 1. The summed E-state index contributed by atoms with van der Waals surface area (Å²) < 4.78 is 5.41. The molecule has 0 radical (unpaired) electrons. The zero-order valence-corrected chi connectivity index (χ0v) is 15.5. The van der Waals surface area contributed by atoms with Gasteiger partial charge in [-0.25, -0.2) is 4.98 Å². The fraction of sp³-hybridized carbons (Fsp3) is 0.143. The first kappa shape index (κ1) is 17.9. The van der Waals surface area contributed by atoms with E-state index >= 15 is 0 Å². The van der Waals surface area contributed by atoms with Crippen molar-refractivity contribution in [1.82, 2.24) is 4.98 Å². The summed E-state index contributed by atoms with van der Waals surface area (Å²) in [5.74, 6) is 0.619. The molecule has 0 spiro atoms. The number of nitrogens with one attached hydrogen (secondary N) is 1. The molecule has 26 heavy (non-hydrogen) atoms. The van der Waals surface area contributed by atoms with E-state index in [1.54, 1.807) is 6.08 Å². The molecule has 0 aliphatic rings. The summed E-state index contributed by atoms with van der Waals surface area (Å²) in [6, 6.07) is 17.6. The summed E-state index contributed by atoms with van der Waals surface area (Å²) in [6.07, 6.45) is 3.28. The topological polar surface area (TPSA) is 51.2 Å². The zero-order chi connectivity index (χ0) is 18.4. The molecule has 0 aliphatic heterocycles. The molecule has 0 bridgehead atoms. The van der Waals surface area contributed by atoms with Gasteiger partial charge in [-0.2, -0.15) is 0 Å². The Morgan fingerprint density at radius 2 is 1.88 bits per heavy atom. The minimum absolute atomic E-state index is 0.202. The van der Waals surface area contributed by atoms with Crippen LogP contribution in [-0.4, -0.2) is 17.5 Å². The summed E-state index contributed by atoms with van der Waals surface area (Å²) in [7, 11) is 0. The van der Waals surface area contributed by atoms with Gasteiger partial charge >= 0.3 is 0 Å². The molecule has 0 unspecified atom stereocenters. The third-order valence-corrected chi connectivity index (χ3v) is 4.58. The van der Waals surface area contributed by atoms with Crippen molar-refractivity contribution in [3.05, 3.63) is 71.1 Å². The van der Waals surface area contributed by atoms with E-state index in [0.717, 1.165) is 27.4 Å². The Morgan fingerprint density at radius 3 is 2.58 bits per heavy atom. The highest BCUT2D eigenvalue weighted by Gasteiger charge is 2.10. The summed E-state index contributed by atoms with van der Waals surface area (Å²) in [5, 5.41) is 3.43. The largest absolute Gasteiger partial charge is 0.494 e. The van der Waals surface area contributed by atoms with Gasteiger partial charge < -0.3 is 4.74 Å². The molecule has 4 nitrogen and oxygen atoms in total. The average Bonchev–Trinajstić information content (AvgIpc) is 3.02. The van der Waals surface area contributed by atoms with E-state index in [1.807, 2.05) is 68.4 Å². The highest BCUT2D eigenvalue weighted by molar-refractivity contribution is 7.16. The monoisotopic (exact) mass is 364 g/mol. The minimum Gasteiger partial charge on any atom is -0.494 e. The van der Waals surface area contributed by atoms with E-state index in [4.69, 9.17) is 4.74 Å². The first-order valence-electron chi connectivity index (χ1n) is 8.40. The smallest absolute Gasteiger partial charge is 0.250 e. The Kier molecular flexibility index (Phi) is 5.81. The van der Waals surface area contributed by atoms with E-state index < -0.39 is 0 Å². The number of amides is 1. The van der Waals surface area contributed by atoms with Gasteiger partial charge in [0, 0.05) is 16.5 Å². The Bertz CT molecular complexity index is 900. The second kappa shape index (κ2) is 8.45. The van der Waals surface area contributed by atoms with Crippen LogP contribution in [0, 0.1) is 6.92 Å². The maximum absolute atomic E-state index is 12.2. The Hall–Kier alpha value is -2.92. The van der Waals surface area contributed by atoms with Crippen LogP contribution in [-0.2, 0) is 4.79 Å². The number of carbonyl (C=O) groups is 1. The summed E-state index contributed by atoms with van der Waals surface area (Å²) in [5.41, 5.74) is 2.89. The Labute approximate surface area is 157 Å². The highest BCUT2D eigenvalue weighted by Crippen LogP contribution is 2.30. The highest BCUT2D eigenvalue weighted by atomic mass is 32.1. The molecule has 5 heteroatoms. The number of thiazole rings is 1. The summed E-state index contributed by atoms with van der Waals surface area (Å²) in [4.78, 5) is 17.8. The van der Waals surface area contributed by atoms with Gasteiger partial charge in [0.25, 0.3) is 0 Å². The van der Waals surface area contributed by atoms with E-state index in [2.05, 4.69) is 10.3 Å². The summed E-state index contributed by atoms with van der Waals surface area (Å²) in [6.45, 7) is 4.59. The van der Waals surface area contributed by atoms with E-state index in [0.29, 0.717) is 11.7 Å². The van der Waals surface area contributed by atoms with Crippen LogP contribution < -0.4 is 10.1 Å². The van der Waals surface area contributed by atoms with Crippen molar-refractivity contribution in [3.8, 4) is 17.0 Å². The molecule has 0 saturated heterocycles. The number of carbonyl (C=O) groups excluding carboxylic acids is 1. The zero-order valence-electron chi connectivity index (χ0n) is 14.7. The first-order chi connectivity index (χ1) is 12.7. The maximum Gasteiger partial charge on any atom is 0.250 e. The quantitative estimate of drug-likeness (QED) is 0.614. The van der Waals surface area contributed by atoms with Crippen LogP contribution in [0.1, 0.15) is 17.4 Å². The molecule has 1 heterocycles.